The molecule has 122 valence electrons. The number of hydrogen-bond acceptors (Lipinski definition) is 5. The van der Waals surface area contributed by atoms with E-state index in [1.54, 1.807) is 20.1 Å². The molecule has 0 aliphatic carbocycles. The summed E-state index contributed by atoms with van der Waals surface area (Å²) in [6.07, 6.45) is 0. The van der Waals surface area contributed by atoms with Gasteiger partial charge in [-0.1, -0.05) is 17.7 Å². The molecule has 0 saturated heterocycles. The van der Waals surface area contributed by atoms with Crippen molar-refractivity contribution in [2.75, 3.05) is 25.6 Å². The molecule has 0 aliphatic heterocycles. The van der Waals surface area contributed by atoms with E-state index in [1.165, 1.54) is 0 Å². The van der Waals surface area contributed by atoms with Crippen LogP contribution in [0.1, 0.15) is 21.9 Å². The Balaban J connectivity index is 2.20. The fraction of sp³-hybridized carbons (Fsp3) is 0.312. The highest BCUT2D eigenvalue weighted by Gasteiger charge is 2.11. The van der Waals surface area contributed by atoms with Gasteiger partial charge in [0.05, 0.1) is 6.61 Å². The van der Waals surface area contributed by atoms with Crippen LogP contribution in [0.15, 0.2) is 24.3 Å². The molecule has 6 nitrogen and oxygen atoms in total. The van der Waals surface area contributed by atoms with Crippen molar-refractivity contribution >= 4 is 29.0 Å². The van der Waals surface area contributed by atoms with Crippen molar-refractivity contribution in [1.82, 2.24) is 15.3 Å². The lowest BCUT2D eigenvalue weighted by molar-refractivity contribution is 0.0932. The fourth-order valence-electron chi connectivity index (χ4n) is 1.99. The quantitative estimate of drug-likeness (QED) is 0.794. The van der Waals surface area contributed by atoms with Gasteiger partial charge in [-0.3, -0.25) is 4.79 Å². The minimum atomic E-state index is -0.265. The molecule has 0 saturated carbocycles. The normalized spacial score (nSPS) is 10.4. The van der Waals surface area contributed by atoms with Crippen LogP contribution in [0.5, 0.6) is 0 Å². The number of benzene rings is 1. The maximum atomic E-state index is 12.1. The summed E-state index contributed by atoms with van der Waals surface area (Å²) in [5, 5.41) is 6.58. The molecule has 0 radical (unpaired) electrons. The smallest absolute Gasteiger partial charge is 0.270 e. The summed E-state index contributed by atoms with van der Waals surface area (Å²) in [6, 6.07) is 7.18. The van der Waals surface area contributed by atoms with Gasteiger partial charge in [0, 0.05) is 30.4 Å². The average molecular weight is 335 g/mol. The van der Waals surface area contributed by atoms with E-state index in [0.717, 1.165) is 11.3 Å². The molecular formula is C16H19ClN4O2. The van der Waals surface area contributed by atoms with Crippen molar-refractivity contribution < 1.29 is 9.53 Å². The predicted molar refractivity (Wildman–Crippen MR) is 90.4 cm³/mol. The zero-order valence-corrected chi connectivity index (χ0v) is 14.1. The second-order valence-electron chi connectivity index (χ2n) is 4.97. The summed E-state index contributed by atoms with van der Waals surface area (Å²) in [6.45, 7) is 4.52. The number of methoxy groups -OCH3 is 1. The Labute approximate surface area is 140 Å². The Morgan fingerprint density at radius 3 is 2.83 bits per heavy atom. The molecule has 1 heterocycles. The molecule has 0 spiro atoms. The third kappa shape index (κ3) is 4.64. The summed E-state index contributed by atoms with van der Waals surface area (Å²) in [7, 11) is 1.58. The third-order valence-electron chi connectivity index (χ3n) is 3.19. The van der Waals surface area contributed by atoms with Gasteiger partial charge in [0.2, 0.25) is 0 Å². The van der Waals surface area contributed by atoms with Crippen LogP contribution in [0, 0.1) is 13.8 Å². The van der Waals surface area contributed by atoms with Crippen LogP contribution in [0.25, 0.3) is 0 Å². The zero-order chi connectivity index (χ0) is 16.8. The van der Waals surface area contributed by atoms with Crippen molar-refractivity contribution in [2.45, 2.75) is 13.8 Å². The molecule has 0 bridgehead atoms. The molecule has 1 aromatic carbocycles. The molecule has 1 amide bonds. The molecule has 2 rings (SSSR count). The maximum absolute atomic E-state index is 12.1. The van der Waals surface area contributed by atoms with E-state index in [9.17, 15) is 4.79 Å². The van der Waals surface area contributed by atoms with Crippen molar-refractivity contribution in [3.8, 4) is 0 Å². The number of aryl methyl sites for hydroxylation is 1. The first-order valence-corrected chi connectivity index (χ1v) is 7.54. The van der Waals surface area contributed by atoms with E-state index in [0.29, 0.717) is 35.5 Å². The van der Waals surface area contributed by atoms with Crippen LogP contribution in [0.4, 0.5) is 11.5 Å². The van der Waals surface area contributed by atoms with Crippen LogP contribution in [0.3, 0.4) is 0 Å². The van der Waals surface area contributed by atoms with Crippen LogP contribution < -0.4 is 10.6 Å². The van der Waals surface area contributed by atoms with E-state index in [2.05, 4.69) is 20.6 Å². The number of hydrogen-bond donors (Lipinski definition) is 2. The summed E-state index contributed by atoms with van der Waals surface area (Å²) >= 11 is 6.12. The van der Waals surface area contributed by atoms with Gasteiger partial charge in [-0.05, 0) is 31.5 Å². The third-order valence-corrected chi connectivity index (χ3v) is 3.60. The first kappa shape index (κ1) is 17.2. The zero-order valence-electron chi connectivity index (χ0n) is 13.3. The Hall–Kier alpha value is -2.18. The number of carbonyl (C=O) groups excluding carboxylic acids is 1. The van der Waals surface area contributed by atoms with Crippen LogP contribution in [-0.4, -0.2) is 36.1 Å². The summed E-state index contributed by atoms with van der Waals surface area (Å²) in [5.74, 6) is 0.782. The second kappa shape index (κ2) is 7.89. The lowest BCUT2D eigenvalue weighted by Crippen LogP contribution is -2.28. The minimum Gasteiger partial charge on any atom is -0.383 e. The number of aromatic nitrogens is 2. The highest BCUT2D eigenvalue weighted by atomic mass is 35.5. The highest BCUT2D eigenvalue weighted by Crippen LogP contribution is 2.25. The van der Waals surface area contributed by atoms with Gasteiger partial charge in [-0.25, -0.2) is 9.97 Å². The van der Waals surface area contributed by atoms with Crippen molar-refractivity contribution in [3.05, 3.63) is 46.4 Å². The molecule has 1 aromatic heterocycles. The number of nitrogens with one attached hydrogen (secondary N) is 2. The van der Waals surface area contributed by atoms with E-state index >= 15 is 0 Å². The summed E-state index contributed by atoms with van der Waals surface area (Å²) < 4.78 is 4.91. The van der Waals surface area contributed by atoms with Gasteiger partial charge in [0.25, 0.3) is 5.91 Å². The number of ether oxygens (including phenoxy) is 1. The monoisotopic (exact) mass is 334 g/mol. The Morgan fingerprint density at radius 1 is 1.30 bits per heavy atom. The number of rotatable bonds is 6. The van der Waals surface area contributed by atoms with E-state index in [-0.39, 0.29) is 5.91 Å². The maximum Gasteiger partial charge on any atom is 0.270 e. The van der Waals surface area contributed by atoms with Gasteiger partial charge in [0.1, 0.15) is 17.3 Å². The molecule has 23 heavy (non-hydrogen) atoms. The Bertz CT molecular complexity index is 706. The first-order valence-electron chi connectivity index (χ1n) is 7.16. The molecule has 0 atom stereocenters. The van der Waals surface area contributed by atoms with Gasteiger partial charge >= 0.3 is 0 Å². The van der Waals surface area contributed by atoms with Crippen LogP contribution in [0.2, 0.25) is 5.02 Å². The highest BCUT2D eigenvalue weighted by molar-refractivity contribution is 6.31. The summed E-state index contributed by atoms with van der Waals surface area (Å²) in [5.41, 5.74) is 2.05. The van der Waals surface area contributed by atoms with Crippen molar-refractivity contribution in [2.24, 2.45) is 0 Å². The molecular weight excluding hydrogens is 316 g/mol. The molecule has 0 fully saturated rings. The number of anilines is 2. The fourth-order valence-corrected chi connectivity index (χ4v) is 2.16. The lowest BCUT2D eigenvalue weighted by Gasteiger charge is -2.11. The van der Waals surface area contributed by atoms with Crippen LogP contribution in [-0.2, 0) is 4.74 Å². The van der Waals surface area contributed by atoms with Gasteiger partial charge < -0.3 is 15.4 Å². The number of amides is 1. The SMILES string of the molecule is COCCNC(=O)c1cc(Nc2cccc(Cl)c2C)nc(C)n1. The minimum absolute atomic E-state index is 0.265. The van der Waals surface area contributed by atoms with Gasteiger partial charge in [-0.15, -0.1) is 0 Å². The van der Waals surface area contributed by atoms with Gasteiger partial charge in [-0.2, -0.15) is 0 Å². The number of nitrogens with zero attached hydrogens (tertiary/aromatic N) is 2. The van der Waals surface area contributed by atoms with Crippen molar-refractivity contribution in [3.63, 3.8) is 0 Å². The van der Waals surface area contributed by atoms with E-state index in [4.69, 9.17) is 16.3 Å². The molecule has 0 aliphatic rings. The molecule has 2 N–H and O–H groups in total. The largest absolute Gasteiger partial charge is 0.383 e. The molecule has 0 unspecified atom stereocenters. The second-order valence-corrected chi connectivity index (χ2v) is 5.38. The molecule has 2 aromatic rings. The number of halogens is 1. The Kier molecular flexibility index (Phi) is 5.90. The Morgan fingerprint density at radius 2 is 2.09 bits per heavy atom. The van der Waals surface area contributed by atoms with E-state index in [1.807, 2.05) is 25.1 Å². The first-order chi connectivity index (χ1) is 11.0. The van der Waals surface area contributed by atoms with Crippen molar-refractivity contribution in [1.29, 1.82) is 0 Å². The topological polar surface area (TPSA) is 76.1 Å². The average Bonchev–Trinajstić information content (AvgIpc) is 2.51. The summed E-state index contributed by atoms with van der Waals surface area (Å²) in [4.78, 5) is 20.6. The number of carbonyl (C=O) groups is 1. The van der Waals surface area contributed by atoms with Gasteiger partial charge in [0.15, 0.2) is 0 Å². The molecule has 7 heteroatoms. The standard InChI is InChI=1S/C16H19ClN4O2/c1-10-12(17)5-4-6-13(10)21-15-9-14(19-11(2)20-15)16(22)18-7-8-23-3/h4-6,9H,7-8H2,1-3H3,(H,18,22)(H,19,20,21). The predicted octanol–water partition coefficient (Wildman–Crippen LogP) is 2.87. The van der Waals surface area contributed by atoms with Crippen LogP contribution >= 0.6 is 11.6 Å². The van der Waals surface area contributed by atoms with E-state index < -0.39 is 0 Å². The lowest BCUT2D eigenvalue weighted by atomic mass is 10.2.